The summed E-state index contributed by atoms with van der Waals surface area (Å²) in [6.07, 6.45) is 0. The van der Waals surface area contributed by atoms with E-state index in [0.29, 0.717) is 18.2 Å². The van der Waals surface area contributed by atoms with E-state index in [1.54, 1.807) is 12.1 Å². The lowest BCUT2D eigenvalue weighted by molar-refractivity contribution is 0.303. The Bertz CT molecular complexity index is 903. The Balaban J connectivity index is 1.70. The molecule has 0 bridgehead atoms. The zero-order valence-electron chi connectivity index (χ0n) is 13.6. The van der Waals surface area contributed by atoms with E-state index in [0.717, 1.165) is 27.0 Å². The molecule has 0 fully saturated rings. The molecular formula is C20H15BrCl2FNO. The summed E-state index contributed by atoms with van der Waals surface area (Å²) in [4.78, 5) is 0. The summed E-state index contributed by atoms with van der Waals surface area (Å²) < 4.78 is 20.2. The molecule has 0 radical (unpaired) electrons. The number of hydrogen-bond donors (Lipinski definition) is 1. The van der Waals surface area contributed by atoms with Gasteiger partial charge in [-0.15, -0.1) is 0 Å². The van der Waals surface area contributed by atoms with Crippen molar-refractivity contribution in [1.29, 1.82) is 0 Å². The highest BCUT2D eigenvalue weighted by Crippen LogP contribution is 2.26. The van der Waals surface area contributed by atoms with Crippen molar-refractivity contribution in [1.82, 2.24) is 0 Å². The molecule has 6 heteroatoms. The van der Waals surface area contributed by atoms with Gasteiger partial charge in [0.15, 0.2) is 0 Å². The maximum Gasteiger partial charge on any atom is 0.141 e. The van der Waals surface area contributed by atoms with Crippen LogP contribution in [0.5, 0.6) is 5.75 Å². The molecule has 0 saturated heterocycles. The largest absolute Gasteiger partial charge is 0.489 e. The maximum atomic E-state index is 13.3. The van der Waals surface area contributed by atoms with Crippen LogP contribution in [0.1, 0.15) is 11.1 Å². The van der Waals surface area contributed by atoms with Gasteiger partial charge in [-0.2, -0.15) is 0 Å². The molecule has 0 saturated carbocycles. The summed E-state index contributed by atoms with van der Waals surface area (Å²) in [7, 11) is 0. The molecular weight excluding hydrogens is 440 g/mol. The highest BCUT2D eigenvalue weighted by atomic mass is 79.9. The van der Waals surface area contributed by atoms with Crippen LogP contribution in [0.15, 0.2) is 65.1 Å². The quantitative estimate of drug-likeness (QED) is 0.429. The highest BCUT2D eigenvalue weighted by molar-refractivity contribution is 9.10. The predicted molar refractivity (Wildman–Crippen MR) is 109 cm³/mol. The van der Waals surface area contributed by atoms with E-state index in [2.05, 4.69) is 21.2 Å². The van der Waals surface area contributed by atoms with E-state index >= 15 is 0 Å². The lowest BCUT2D eigenvalue weighted by Gasteiger charge is -2.14. The molecule has 3 aromatic carbocycles. The van der Waals surface area contributed by atoms with Crippen LogP contribution >= 0.6 is 39.1 Å². The Morgan fingerprint density at radius 3 is 2.46 bits per heavy atom. The Kier molecular flexibility index (Phi) is 6.41. The van der Waals surface area contributed by atoms with Gasteiger partial charge in [0.25, 0.3) is 0 Å². The molecule has 3 aromatic rings. The molecule has 0 heterocycles. The van der Waals surface area contributed by atoms with Crippen LogP contribution in [0.2, 0.25) is 10.0 Å². The van der Waals surface area contributed by atoms with Crippen LogP contribution < -0.4 is 10.1 Å². The van der Waals surface area contributed by atoms with E-state index in [1.807, 2.05) is 42.5 Å². The monoisotopic (exact) mass is 453 g/mol. The van der Waals surface area contributed by atoms with Gasteiger partial charge in [-0.3, -0.25) is 0 Å². The normalized spacial score (nSPS) is 10.6. The van der Waals surface area contributed by atoms with Crippen molar-refractivity contribution in [3.05, 3.63) is 92.1 Å². The van der Waals surface area contributed by atoms with Crippen molar-refractivity contribution in [3.8, 4) is 5.75 Å². The van der Waals surface area contributed by atoms with Crippen molar-refractivity contribution in [3.63, 3.8) is 0 Å². The zero-order valence-corrected chi connectivity index (χ0v) is 16.7. The van der Waals surface area contributed by atoms with Gasteiger partial charge in [-0.1, -0.05) is 51.3 Å². The fraction of sp³-hybridized carbons (Fsp3) is 0.100. The maximum absolute atomic E-state index is 13.3. The molecule has 134 valence electrons. The van der Waals surface area contributed by atoms with Crippen molar-refractivity contribution < 1.29 is 9.13 Å². The molecule has 0 amide bonds. The third kappa shape index (κ3) is 5.13. The van der Waals surface area contributed by atoms with Gasteiger partial charge in [0, 0.05) is 27.3 Å². The Hall–Kier alpha value is -1.75. The second-order valence-corrected chi connectivity index (χ2v) is 7.41. The number of benzene rings is 3. The van der Waals surface area contributed by atoms with Crippen molar-refractivity contribution in [2.24, 2.45) is 0 Å². The molecule has 0 atom stereocenters. The first-order chi connectivity index (χ1) is 12.5. The molecule has 0 aliphatic heterocycles. The SMILES string of the molecule is Fc1ccc(NCc2cc(Br)ccc2OCc2ccc(Cl)cc2)cc1Cl. The second kappa shape index (κ2) is 8.76. The minimum atomic E-state index is -0.438. The van der Waals surface area contributed by atoms with E-state index in [9.17, 15) is 4.39 Å². The minimum absolute atomic E-state index is 0.0865. The highest BCUT2D eigenvalue weighted by Gasteiger charge is 2.07. The molecule has 0 aliphatic carbocycles. The fourth-order valence-corrected chi connectivity index (χ4v) is 3.09. The standard InChI is InChI=1S/C20H15BrCl2FNO/c21-15-3-8-20(26-12-13-1-4-16(22)5-2-13)14(9-15)11-25-17-6-7-19(24)18(23)10-17/h1-10,25H,11-12H2. The lowest BCUT2D eigenvalue weighted by Crippen LogP contribution is -2.04. The van der Waals surface area contributed by atoms with Crippen LogP contribution in [0.3, 0.4) is 0 Å². The zero-order chi connectivity index (χ0) is 18.5. The number of anilines is 1. The van der Waals surface area contributed by atoms with Crippen molar-refractivity contribution in [2.75, 3.05) is 5.32 Å². The first-order valence-electron chi connectivity index (χ1n) is 7.86. The number of halogens is 4. The van der Waals surface area contributed by atoms with Crippen LogP contribution in [-0.4, -0.2) is 0 Å². The van der Waals surface area contributed by atoms with Gasteiger partial charge in [0.05, 0.1) is 5.02 Å². The van der Waals surface area contributed by atoms with Gasteiger partial charge in [-0.25, -0.2) is 4.39 Å². The third-order valence-corrected chi connectivity index (χ3v) is 4.77. The van der Waals surface area contributed by atoms with Crippen molar-refractivity contribution >= 4 is 44.8 Å². The molecule has 26 heavy (non-hydrogen) atoms. The summed E-state index contributed by atoms with van der Waals surface area (Å²) >= 11 is 15.2. The Labute approximate surface area is 170 Å². The van der Waals surface area contributed by atoms with Gasteiger partial charge in [-0.05, 0) is 54.1 Å². The Morgan fingerprint density at radius 1 is 0.962 bits per heavy atom. The van der Waals surface area contributed by atoms with Gasteiger partial charge < -0.3 is 10.1 Å². The summed E-state index contributed by atoms with van der Waals surface area (Å²) in [5, 5.41) is 4.01. The minimum Gasteiger partial charge on any atom is -0.489 e. The summed E-state index contributed by atoms with van der Waals surface area (Å²) in [6, 6.07) is 17.9. The molecule has 0 unspecified atom stereocenters. The molecule has 0 aliphatic rings. The number of ether oxygens (including phenoxy) is 1. The number of rotatable bonds is 6. The van der Waals surface area contributed by atoms with E-state index in [4.69, 9.17) is 27.9 Å². The van der Waals surface area contributed by atoms with Gasteiger partial charge >= 0.3 is 0 Å². The van der Waals surface area contributed by atoms with E-state index < -0.39 is 5.82 Å². The fourth-order valence-electron chi connectivity index (χ4n) is 2.37. The second-order valence-electron chi connectivity index (χ2n) is 5.65. The van der Waals surface area contributed by atoms with Crippen LogP contribution in [-0.2, 0) is 13.2 Å². The predicted octanol–water partition coefficient (Wildman–Crippen LogP) is 7.09. The topological polar surface area (TPSA) is 21.3 Å². The molecule has 1 N–H and O–H groups in total. The number of nitrogens with one attached hydrogen (secondary N) is 1. The lowest BCUT2D eigenvalue weighted by atomic mass is 10.2. The van der Waals surface area contributed by atoms with Gasteiger partial charge in [0.2, 0.25) is 0 Å². The van der Waals surface area contributed by atoms with Crippen molar-refractivity contribution in [2.45, 2.75) is 13.2 Å². The Morgan fingerprint density at radius 2 is 1.73 bits per heavy atom. The summed E-state index contributed by atoms with van der Waals surface area (Å²) in [5.41, 5.74) is 2.73. The molecule has 0 spiro atoms. The first-order valence-corrected chi connectivity index (χ1v) is 9.41. The van der Waals surface area contributed by atoms with Gasteiger partial charge in [0.1, 0.15) is 18.2 Å². The summed E-state index contributed by atoms with van der Waals surface area (Å²) in [6.45, 7) is 0.950. The molecule has 3 rings (SSSR count). The smallest absolute Gasteiger partial charge is 0.141 e. The third-order valence-electron chi connectivity index (χ3n) is 3.73. The average Bonchev–Trinajstić information content (AvgIpc) is 2.63. The van der Waals surface area contributed by atoms with E-state index in [1.165, 1.54) is 6.07 Å². The van der Waals surface area contributed by atoms with Crippen LogP contribution in [0, 0.1) is 5.82 Å². The first kappa shape index (κ1) is 19.0. The number of hydrogen-bond acceptors (Lipinski definition) is 2. The summed E-state index contributed by atoms with van der Waals surface area (Å²) in [5.74, 6) is 0.329. The van der Waals surface area contributed by atoms with E-state index in [-0.39, 0.29) is 5.02 Å². The molecule has 0 aromatic heterocycles. The molecule has 2 nitrogen and oxygen atoms in total. The average molecular weight is 455 g/mol. The van der Waals surface area contributed by atoms with Crippen LogP contribution in [0.4, 0.5) is 10.1 Å². The van der Waals surface area contributed by atoms with Crippen LogP contribution in [0.25, 0.3) is 0 Å².